The van der Waals surface area contributed by atoms with E-state index in [2.05, 4.69) is 41.5 Å². The number of unbranched alkanes of at least 4 members (excludes halogenated alkanes) is 56. The van der Waals surface area contributed by atoms with Gasteiger partial charge in [0.15, 0.2) is 16.6 Å². The summed E-state index contributed by atoms with van der Waals surface area (Å²) in [5.74, 6) is 0. The first kappa shape index (κ1) is 83.3. The summed E-state index contributed by atoms with van der Waals surface area (Å²) in [6.07, 6.45) is 91.6. The second kappa shape index (κ2) is 68.2. The van der Waals surface area contributed by atoms with Gasteiger partial charge in [0.25, 0.3) is 0 Å². The molecular formula is C78H164N2OSi2. The molecule has 4 unspecified atom stereocenters. The summed E-state index contributed by atoms with van der Waals surface area (Å²) in [6, 6.07) is 5.41. The minimum absolute atomic E-state index is 0.728. The van der Waals surface area contributed by atoms with Gasteiger partial charge in [-0.3, -0.25) is 0 Å². The SMILES string of the molecule is CCCCCCCCCCCCCCCCCC[Si](CCCN)(O[Si](CCCN)(CCCCCCCCCCCCCCCCCC)C(C)CCCCCCCCCCCCCCCC)C(C)CCCCCCCCCCCCCCCC. The van der Waals surface area contributed by atoms with E-state index in [4.69, 9.17) is 15.6 Å². The molecule has 4 atom stereocenters. The maximum Gasteiger partial charge on any atom is 0.182 e. The average Bonchev–Trinajstić information content (AvgIpc) is 3.68. The Morgan fingerprint density at radius 3 is 0.518 bits per heavy atom. The normalized spacial score (nSPS) is 14.2. The van der Waals surface area contributed by atoms with Gasteiger partial charge in [-0.15, -0.1) is 0 Å². The minimum Gasteiger partial charge on any atom is -0.454 e. The second-order valence-corrected chi connectivity index (χ2v) is 37.7. The van der Waals surface area contributed by atoms with Gasteiger partial charge >= 0.3 is 0 Å². The van der Waals surface area contributed by atoms with Crippen molar-refractivity contribution in [1.29, 1.82) is 0 Å². The molecule has 5 heteroatoms. The molecule has 0 aromatic carbocycles. The highest BCUT2D eigenvalue weighted by Gasteiger charge is 2.49. The quantitative estimate of drug-likeness (QED) is 0.0471. The Balaban J connectivity index is 5.99. The van der Waals surface area contributed by atoms with Gasteiger partial charge in [-0.1, -0.05) is 440 Å². The van der Waals surface area contributed by atoms with Crippen molar-refractivity contribution in [1.82, 2.24) is 0 Å². The summed E-state index contributed by atoms with van der Waals surface area (Å²) in [7, 11) is -4.28. The first-order chi connectivity index (χ1) is 40.9. The van der Waals surface area contributed by atoms with Crippen LogP contribution in [0.5, 0.6) is 0 Å². The molecule has 0 fully saturated rings. The lowest BCUT2D eigenvalue weighted by molar-refractivity contribution is 0.431. The second-order valence-electron chi connectivity index (χ2n) is 28.7. The molecule has 0 aliphatic heterocycles. The van der Waals surface area contributed by atoms with Crippen LogP contribution in [0.1, 0.15) is 452 Å². The number of rotatable bonds is 74. The van der Waals surface area contributed by atoms with Crippen molar-refractivity contribution >= 4 is 16.6 Å². The fraction of sp³-hybridized carbons (Fsp3) is 1.00. The van der Waals surface area contributed by atoms with Crippen molar-refractivity contribution in [3.8, 4) is 0 Å². The van der Waals surface area contributed by atoms with Crippen LogP contribution in [0.15, 0.2) is 0 Å². The van der Waals surface area contributed by atoms with E-state index in [1.807, 2.05) is 0 Å². The highest BCUT2D eigenvalue weighted by molar-refractivity contribution is 6.88. The third kappa shape index (κ3) is 54.9. The molecule has 0 saturated carbocycles. The molecule has 0 saturated heterocycles. The van der Waals surface area contributed by atoms with E-state index in [9.17, 15) is 0 Å². The average molecular weight is 1200 g/mol. The molecule has 3 nitrogen and oxygen atoms in total. The van der Waals surface area contributed by atoms with E-state index in [1.165, 1.54) is 435 Å². The van der Waals surface area contributed by atoms with E-state index >= 15 is 0 Å². The molecule has 0 rings (SSSR count). The van der Waals surface area contributed by atoms with Gasteiger partial charge in [-0.2, -0.15) is 0 Å². The zero-order valence-electron chi connectivity index (χ0n) is 59.2. The monoisotopic (exact) mass is 1200 g/mol. The minimum atomic E-state index is -2.14. The zero-order chi connectivity index (χ0) is 60.4. The zero-order valence-corrected chi connectivity index (χ0v) is 61.2. The topological polar surface area (TPSA) is 61.3 Å². The van der Waals surface area contributed by atoms with Crippen molar-refractivity contribution in [3.63, 3.8) is 0 Å². The van der Waals surface area contributed by atoms with E-state index in [-0.39, 0.29) is 0 Å². The van der Waals surface area contributed by atoms with Gasteiger partial charge in [0.2, 0.25) is 0 Å². The van der Waals surface area contributed by atoms with E-state index in [0.717, 1.165) is 24.2 Å². The lowest BCUT2D eigenvalue weighted by Crippen LogP contribution is -2.56. The molecule has 500 valence electrons. The molecule has 4 N–H and O–H groups in total. The van der Waals surface area contributed by atoms with Gasteiger partial charge in [0.05, 0.1) is 0 Å². The number of nitrogens with two attached hydrogens (primary N) is 2. The largest absolute Gasteiger partial charge is 0.454 e. The van der Waals surface area contributed by atoms with Crippen LogP contribution < -0.4 is 11.5 Å². The van der Waals surface area contributed by atoms with Gasteiger partial charge in [0.1, 0.15) is 0 Å². The van der Waals surface area contributed by atoms with Crippen LogP contribution in [0, 0.1) is 0 Å². The molecule has 83 heavy (non-hydrogen) atoms. The lowest BCUT2D eigenvalue weighted by Gasteiger charge is -2.49. The van der Waals surface area contributed by atoms with Gasteiger partial charge in [-0.05, 0) is 61.2 Å². The number of hydrogen-bond acceptors (Lipinski definition) is 3. The summed E-state index contributed by atoms with van der Waals surface area (Å²) in [4.78, 5) is 0. The van der Waals surface area contributed by atoms with Gasteiger partial charge in [0, 0.05) is 0 Å². The summed E-state index contributed by atoms with van der Waals surface area (Å²) in [5.41, 5.74) is 14.6. The Bertz CT molecular complexity index is 1100. The highest BCUT2D eigenvalue weighted by atomic mass is 28.4. The molecule has 0 aliphatic carbocycles. The predicted octanol–water partition coefficient (Wildman–Crippen LogP) is 28.6. The van der Waals surface area contributed by atoms with Crippen LogP contribution in [-0.2, 0) is 4.12 Å². The fourth-order valence-corrected chi connectivity index (χ4v) is 28.3. The highest BCUT2D eigenvalue weighted by Crippen LogP contribution is 2.46. The van der Waals surface area contributed by atoms with Crippen LogP contribution in [0.4, 0.5) is 0 Å². The van der Waals surface area contributed by atoms with Crippen LogP contribution in [-0.4, -0.2) is 29.7 Å². The van der Waals surface area contributed by atoms with Crippen LogP contribution in [0.25, 0.3) is 0 Å². The predicted molar refractivity (Wildman–Crippen MR) is 387 cm³/mol. The molecule has 0 bridgehead atoms. The van der Waals surface area contributed by atoms with Crippen molar-refractivity contribution < 1.29 is 4.12 Å². The van der Waals surface area contributed by atoms with Gasteiger partial charge < -0.3 is 15.6 Å². The van der Waals surface area contributed by atoms with Crippen molar-refractivity contribution in [2.24, 2.45) is 11.5 Å². The van der Waals surface area contributed by atoms with Crippen molar-refractivity contribution in [2.45, 2.75) is 488 Å². The smallest absolute Gasteiger partial charge is 0.182 e. The van der Waals surface area contributed by atoms with Crippen LogP contribution in [0.2, 0.25) is 35.3 Å². The summed E-state index contributed by atoms with van der Waals surface area (Å²) in [5, 5.41) is 0. The standard InChI is InChI=1S/C78H164N2OSi2/c1-7-11-15-19-23-27-31-35-39-41-45-49-53-57-61-65-73-82(75-67-71-79,77(5)69-63-59-55-51-47-43-37-33-29-25-21-17-13-9-3)81-83(76-68-72-80,74-66-62-58-54-50-46-42-40-36-32-28-24-20-16-12-8-2)78(6)70-64-60-56-52-48-44-38-34-30-26-22-18-14-10-4/h77-78H,7-76,79-80H2,1-6H3. The fourth-order valence-electron chi connectivity index (χ4n) is 14.6. The molecule has 0 spiro atoms. The molecular weight excluding hydrogens is 1040 g/mol. The van der Waals surface area contributed by atoms with E-state index < -0.39 is 16.6 Å². The summed E-state index contributed by atoms with van der Waals surface area (Å²) >= 11 is 0. The summed E-state index contributed by atoms with van der Waals surface area (Å²) < 4.78 is 8.71. The van der Waals surface area contributed by atoms with Crippen molar-refractivity contribution in [2.75, 3.05) is 13.1 Å². The third-order valence-corrected chi connectivity index (χ3v) is 32.9. The van der Waals surface area contributed by atoms with Crippen LogP contribution >= 0.6 is 0 Å². The maximum absolute atomic E-state index is 8.71. The maximum atomic E-state index is 8.71. The molecule has 0 heterocycles. The Labute approximate surface area is 530 Å². The first-order valence-corrected chi connectivity index (χ1v) is 44.8. The Hall–Kier alpha value is 0.314. The molecule has 0 aromatic rings. The number of hydrogen-bond donors (Lipinski definition) is 2. The molecule has 0 aliphatic rings. The Kier molecular flexibility index (Phi) is 68.5. The Morgan fingerprint density at radius 1 is 0.205 bits per heavy atom. The summed E-state index contributed by atoms with van der Waals surface area (Å²) in [6.45, 7) is 16.4. The van der Waals surface area contributed by atoms with Crippen molar-refractivity contribution in [3.05, 3.63) is 0 Å². The first-order valence-electron chi connectivity index (χ1n) is 40.0. The van der Waals surface area contributed by atoms with Gasteiger partial charge in [-0.25, -0.2) is 0 Å². The van der Waals surface area contributed by atoms with E-state index in [1.54, 1.807) is 0 Å². The molecule has 0 amide bonds. The molecule has 0 radical (unpaired) electrons. The van der Waals surface area contributed by atoms with E-state index in [0.29, 0.717) is 0 Å². The molecule has 0 aromatic heterocycles. The Morgan fingerprint density at radius 2 is 0.349 bits per heavy atom. The lowest BCUT2D eigenvalue weighted by atomic mass is 10.0. The third-order valence-electron chi connectivity index (χ3n) is 20.7. The van der Waals surface area contributed by atoms with Crippen LogP contribution in [0.3, 0.4) is 0 Å².